The maximum Gasteiger partial charge on any atom is 0.306 e. The van der Waals surface area contributed by atoms with E-state index in [2.05, 4.69) is 16.4 Å². The van der Waals surface area contributed by atoms with Gasteiger partial charge in [-0.2, -0.15) is 5.26 Å². The molecule has 2 atom stereocenters. The molecule has 0 radical (unpaired) electrons. The lowest BCUT2D eigenvalue weighted by molar-refractivity contribution is -0.141. The van der Waals surface area contributed by atoms with E-state index in [1.807, 2.05) is 6.92 Å². The molecule has 1 aromatic heterocycles. The largest absolute Gasteiger partial charge is 0.481 e. The van der Waals surface area contributed by atoms with E-state index in [0.717, 1.165) is 12.8 Å². The van der Waals surface area contributed by atoms with Crippen LogP contribution in [0.25, 0.3) is 0 Å². The van der Waals surface area contributed by atoms with Crippen molar-refractivity contribution in [2.24, 2.45) is 5.92 Å². The third kappa shape index (κ3) is 4.96. The number of nitrogens with one attached hydrogen (secondary N) is 1. The number of nitrogens with zero attached hydrogens (tertiary/aromatic N) is 2. The SMILES string of the molecule is CC(CCCC(C)C(=O)O)Nc1ncccc1C#N. The highest BCUT2D eigenvalue weighted by Gasteiger charge is 2.12. The second-order valence-electron chi connectivity index (χ2n) is 4.73. The lowest BCUT2D eigenvalue weighted by Crippen LogP contribution is -2.18. The van der Waals surface area contributed by atoms with Crippen LogP contribution in [0.3, 0.4) is 0 Å². The summed E-state index contributed by atoms with van der Waals surface area (Å²) in [5.41, 5.74) is 0.522. The second-order valence-corrected chi connectivity index (χ2v) is 4.73. The maximum absolute atomic E-state index is 10.7. The van der Waals surface area contributed by atoms with E-state index in [-0.39, 0.29) is 12.0 Å². The van der Waals surface area contributed by atoms with Crippen LogP contribution in [0.1, 0.15) is 38.7 Å². The molecule has 0 saturated heterocycles. The highest BCUT2D eigenvalue weighted by Crippen LogP contribution is 2.15. The molecule has 102 valence electrons. The van der Waals surface area contributed by atoms with Crippen LogP contribution in [0.4, 0.5) is 5.82 Å². The molecule has 0 bridgehead atoms. The first-order valence-corrected chi connectivity index (χ1v) is 6.39. The van der Waals surface area contributed by atoms with Gasteiger partial charge in [0.05, 0.1) is 11.5 Å². The Hall–Kier alpha value is -2.09. The number of hydrogen-bond acceptors (Lipinski definition) is 4. The Morgan fingerprint density at radius 3 is 2.89 bits per heavy atom. The molecule has 5 nitrogen and oxygen atoms in total. The number of carbonyl (C=O) groups is 1. The molecule has 5 heteroatoms. The molecule has 1 heterocycles. The van der Waals surface area contributed by atoms with E-state index in [4.69, 9.17) is 10.4 Å². The minimum Gasteiger partial charge on any atom is -0.481 e. The van der Waals surface area contributed by atoms with Crippen molar-refractivity contribution in [3.8, 4) is 6.07 Å². The van der Waals surface area contributed by atoms with Crippen molar-refractivity contribution < 1.29 is 9.90 Å². The van der Waals surface area contributed by atoms with E-state index < -0.39 is 5.97 Å². The summed E-state index contributed by atoms with van der Waals surface area (Å²) in [6.45, 7) is 3.72. The maximum atomic E-state index is 10.7. The van der Waals surface area contributed by atoms with Crippen molar-refractivity contribution in [3.05, 3.63) is 23.9 Å². The molecule has 0 amide bonds. The molecule has 0 fully saturated rings. The molecule has 1 aromatic rings. The second kappa shape index (κ2) is 7.37. The Kier molecular flexibility index (Phi) is 5.80. The van der Waals surface area contributed by atoms with Crippen molar-refractivity contribution in [1.82, 2.24) is 4.98 Å². The number of rotatable bonds is 7. The fourth-order valence-electron chi connectivity index (χ4n) is 1.77. The lowest BCUT2D eigenvalue weighted by atomic mass is 10.0. The number of aliphatic carboxylic acids is 1. The molecular weight excluding hydrogens is 242 g/mol. The summed E-state index contributed by atoms with van der Waals surface area (Å²) in [7, 11) is 0. The van der Waals surface area contributed by atoms with E-state index in [9.17, 15) is 4.79 Å². The van der Waals surface area contributed by atoms with Crippen LogP contribution < -0.4 is 5.32 Å². The number of hydrogen-bond donors (Lipinski definition) is 2. The van der Waals surface area contributed by atoms with Crippen LogP contribution >= 0.6 is 0 Å². The summed E-state index contributed by atoms with van der Waals surface area (Å²) in [4.78, 5) is 14.8. The van der Waals surface area contributed by atoms with Crippen molar-refractivity contribution in [1.29, 1.82) is 5.26 Å². The summed E-state index contributed by atoms with van der Waals surface area (Å²) in [5.74, 6) is -0.474. The molecule has 19 heavy (non-hydrogen) atoms. The number of anilines is 1. The van der Waals surface area contributed by atoms with Gasteiger partial charge in [0.2, 0.25) is 0 Å². The van der Waals surface area contributed by atoms with Gasteiger partial charge in [0.15, 0.2) is 0 Å². The molecule has 2 unspecified atom stereocenters. The number of carboxylic acid groups (broad SMARTS) is 1. The number of nitriles is 1. The third-order valence-corrected chi connectivity index (χ3v) is 3.01. The third-order valence-electron chi connectivity index (χ3n) is 3.01. The van der Waals surface area contributed by atoms with Crippen LogP contribution in [0.15, 0.2) is 18.3 Å². The van der Waals surface area contributed by atoms with E-state index in [1.54, 1.807) is 25.3 Å². The number of carboxylic acids is 1. The van der Waals surface area contributed by atoms with Crippen molar-refractivity contribution >= 4 is 11.8 Å². The zero-order valence-corrected chi connectivity index (χ0v) is 11.3. The normalized spacial score (nSPS) is 13.3. The molecule has 0 saturated carbocycles. The van der Waals surface area contributed by atoms with Gasteiger partial charge in [0.1, 0.15) is 11.9 Å². The number of pyridine rings is 1. The zero-order chi connectivity index (χ0) is 14.3. The minimum atomic E-state index is -0.753. The molecule has 0 aliphatic rings. The predicted octanol–water partition coefficient (Wildman–Crippen LogP) is 2.64. The van der Waals surface area contributed by atoms with Crippen molar-refractivity contribution in [2.45, 2.75) is 39.2 Å². The van der Waals surface area contributed by atoms with Gasteiger partial charge in [-0.1, -0.05) is 13.3 Å². The summed E-state index contributed by atoms with van der Waals surface area (Å²) in [5, 5.41) is 20.9. The first-order valence-electron chi connectivity index (χ1n) is 6.39. The standard InChI is InChI=1S/C14H19N3O2/c1-10(14(18)19)5-3-6-11(2)17-13-12(9-15)7-4-8-16-13/h4,7-8,10-11H,3,5-6H2,1-2H3,(H,16,17)(H,18,19). The molecule has 0 aromatic carbocycles. The summed E-state index contributed by atoms with van der Waals surface area (Å²) in [6.07, 6.45) is 3.98. The Bertz CT molecular complexity index is 468. The van der Waals surface area contributed by atoms with Crippen LogP contribution in [0.5, 0.6) is 0 Å². The van der Waals surface area contributed by atoms with Crippen LogP contribution in [0, 0.1) is 17.2 Å². The van der Waals surface area contributed by atoms with Crippen LogP contribution in [-0.4, -0.2) is 22.1 Å². The van der Waals surface area contributed by atoms with E-state index in [0.29, 0.717) is 17.8 Å². The number of aromatic nitrogens is 1. The average Bonchev–Trinajstić information content (AvgIpc) is 2.39. The van der Waals surface area contributed by atoms with Gasteiger partial charge in [-0.25, -0.2) is 4.98 Å². The van der Waals surface area contributed by atoms with Crippen molar-refractivity contribution in [3.63, 3.8) is 0 Å². The smallest absolute Gasteiger partial charge is 0.306 e. The summed E-state index contributed by atoms with van der Waals surface area (Å²) < 4.78 is 0. The lowest BCUT2D eigenvalue weighted by Gasteiger charge is -2.15. The highest BCUT2D eigenvalue weighted by atomic mass is 16.4. The summed E-state index contributed by atoms with van der Waals surface area (Å²) >= 11 is 0. The van der Waals surface area contributed by atoms with Gasteiger partial charge in [-0.3, -0.25) is 4.79 Å². The monoisotopic (exact) mass is 261 g/mol. The van der Waals surface area contributed by atoms with Crippen LogP contribution in [-0.2, 0) is 4.79 Å². The van der Waals surface area contributed by atoms with Gasteiger partial charge in [0, 0.05) is 12.2 Å². The molecule has 0 spiro atoms. The molecule has 0 aliphatic heterocycles. The zero-order valence-electron chi connectivity index (χ0n) is 11.3. The van der Waals surface area contributed by atoms with Gasteiger partial charge >= 0.3 is 5.97 Å². The van der Waals surface area contributed by atoms with E-state index in [1.165, 1.54) is 0 Å². The van der Waals surface area contributed by atoms with Gasteiger partial charge in [0.25, 0.3) is 0 Å². The Labute approximate surface area is 113 Å². The van der Waals surface area contributed by atoms with Gasteiger partial charge < -0.3 is 10.4 Å². The fourth-order valence-corrected chi connectivity index (χ4v) is 1.77. The van der Waals surface area contributed by atoms with E-state index >= 15 is 0 Å². The van der Waals surface area contributed by atoms with Gasteiger partial charge in [-0.15, -0.1) is 0 Å². The quantitative estimate of drug-likeness (QED) is 0.788. The van der Waals surface area contributed by atoms with Crippen LogP contribution in [0.2, 0.25) is 0 Å². The van der Waals surface area contributed by atoms with Crippen molar-refractivity contribution in [2.75, 3.05) is 5.32 Å². The first kappa shape index (κ1) is 15.0. The predicted molar refractivity (Wildman–Crippen MR) is 72.7 cm³/mol. The van der Waals surface area contributed by atoms with Gasteiger partial charge in [-0.05, 0) is 31.9 Å². The Morgan fingerprint density at radius 2 is 2.26 bits per heavy atom. The molecule has 0 aliphatic carbocycles. The summed E-state index contributed by atoms with van der Waals surface area (Å²) in [6, 6.07) is 5.68. The Balaban J connectivity index is 2.41. The topological polar surface area (TPSA) is 86.0 Å². The minimum absolute atomic E-state index is 0.156. The fraction of sp³-hybridized carbons (Fsp3) is 0.500. The molecule has 2 N–H and O–H groups in total. The average molecular weight is 261 g/mol. The molecular formula is C14H19N3O2. The Morgan fingerprint density at radius 1 is 1.53 bits per heavy atom. The molecule has 1 rings (SSSR count). The first-order chi connectivity index (χ1) is 9.04. The highest BCUT2D eigenvalue weighted by molar-refractivity contribution is 5.69.